The van der Waals surface area contributed by atoms with Crippen LogP contribution in [0.2, 0.25) is 5.02 Å². The van der Waals surface area contributed by atoms with Crippen molar-refractivity contribution in [3.8, 4) is 0 Å². The van der Waals surface area contributed by atoms with Crippen molar-refractivity contribution < 1.29 is 4.79 Å². The summed E-state index contributed by atoms with van der Waals surface area (Å²) >= 11 is 10.8. The van der Waals surface area contributed by atoms with Crippen LogP contribution in [0.3, 0.4) is 0 Å². The van der Waals surface area contributed by atoms with E-state index in [4.69, 9.17) is 11.6 Å². The molecule has 1 aromatic heterocycles. The Labute approximate surface area is 110 Å². The maximum atomic E-state index is 11.9. The van der Waals surface area contributed by atoms with Crippen molar-refractivity contribution in [1.82, 2.24) is 4.98 Å². The van der Waals surface area contributed by atoms with Crippen LogP contribution in [0.4, 0.5) is 0 Å². The van der Waals surface area contributed by atoms with E-state index >= 15 is 0 Å². The zero-order chi connectivity index (χ0) is 11.5. The maximum Gasteiger partial charge on any atom is 0.171 e. The Morgan fingerprint density at radius 1 is 1.50 bits per heavy atom. The van der Waals surface area contributed by atoms with Crippen LogP contribution >= 0.6 is 38.9 Å². The van der Waals surface area contributed by atoms with Crippen molar-refractivity contribution in [3.05, 3.63) is 49.8 Å². The number of benzene rings is 1. The Kier molecular flexibility index (Phi) is 3.74. The molecule has 2 nitrogen and oxygen atoms in total. The molecule has 0 aliphatic rings. The Hall–Kier alpha value is -0.710. The molecular formula is C11H7BrClNOS. The predicted molar refractivity (Wildman–Crippen MR) is 69.3 cm³/mol. The third-order valence-electron chi connectivity index (χ3n) is 2.03. The molecule has 0 aliphatic carbocycles. The van der Waals surface area contributed by atoms with Gasteiger partial charge < -0.3 is 0 Å². The van der Waals surface area contributed by atoms with E-state index in [0.29, 0.717) is 17.0 Å². The quantitative estimate of drug-likeness (QED) is 0.802. The van der Waals surface area contributed by atoms with Gasteiger partial charge in [0.15, 0.2) is 5.78 Å². The summed E-state index contributed by atoms with van der Waals surface area (Å²) in [6.07, 6.45) is 2.00. The molecule has 0 radical (unpaired) electrons. The number of rotatable bonds is 3. The molecule has 0 fully saturated rings. The molecule has 0 bridgehead atoms. The van der Waals surface area contributed by atoms with Crippen molar-refractivity contribution in [2.24, 2.45) is 0 Å². The summed E-state index contributed by atoms with van der Waals surface area (Å²) in [6.45, 7) is 0. The number of carbonyl (C=O) groups is 1. The molecule has 0 amide bonds. The fourth-order valence-electron chi connectivity index (χ4n) is 1.29. The largest absolute Gasteiger partial charge is 0.294 e. The van der Waals surface area contributed by atoms with Gasteiger partial charge in [0.05, 0.1) is 11.4 Å². The number of nitrogens with zero attached hydrogens (tertiary/aromatic N) is 1. The van der Waals surface area contributed by atoms with Crippen LogP contribution in [-0.4, -0.2) is 10.8 Å². The smallest absolute Gasteiger partial charge is 0.171 e. The van der Waals surface area contributed by atoms with E-state index in [0.717, 1.165) is 9.48 Å². The van der Waals surface area contributed by atoms with Crippen molar-refractivity contribution in [2.75, 3.05) is 0 Å². The van der Waals surface area contributed by atoms with Crippen molar-refractivity contribution in [1.29, 1.82) is 0 Å². The average Bonchev–Trinajstić information content (AvgIpc) is 2.70. The highest BCUT2D eigenvalue weighted by Gasteiger charge is 2.12. The second-order valence-corrected chi connectivity index (χ2v) is 5.45. The fourth-order valence-corrected chi connectivity index (χ4v) is 2.68. The first kappa shape index (κ1) is 11.8. The molecular weight excluding hydrogens is 310 g/mol. The molecule has 2 aromatic rings. The number of Topliss-reactive ketones (excluding diaryl/α,β-unsaturated/α-hetero) is 1. The first-order valence-electron chi connectivity index (χ1n) is 4.53. The SMILES string of the molecule is O=C(Cc1nccs1)c1ccc(Br)cc1Cl. The van der Waals surface area contributed by atoms with Gasteiger partial charge in [0.2, 0.25) is 0 Å². The van der Waals surface area contributed by atoms with Crippen LogP contribution in [0.25, 0.3) is 0 Å². The van der Waals surface area contributed by atoms with E-state index in [1.165, 1.54) is 11.3 Å². The highest BCUT2D eigenvalue weighted by atomic mass is 79.9. The summed E-state index contributed by atoms with van der Waals surface area (Å²) in [7, 11) is 0. The summed E-state index contributed by atoms with van der Waals surface area (Å²) in [5.41, 5.74) is 0.542. The Bertz CT molecular complexity index is 513. The van der Waals surface area contributed by atoms with Gasteiger partial charge >= 0.3 is 0 Å². The van der Waals surface area contributed by atoms with Crippen molar-refractivity contribution >= 4 is 44.7 Å². The maximum absolute atomic E-state index is 11.9. The predicted octanol–water partition coefficient (Wildman–Crippen LogP) is 3.98. The molecule has 5 heteroatoms. The topological polar surface area (TPSA) is 30.0 Å². The van der Waals surface area contributed by atoms with E-state index in [1.807, 2.05) is 5.38 Å². The van der Waals surface area contributed by atoms with E-state index in [-0.39, 0.29) is 5.78 Å². The second-order valence-electron chi connectivity index (χ2n) is 3.15. The zero-order valence-corrected chi connectivity index (χ0v) is 11.3. The van der Waals surface area contributed by atoms with E-state index in [2.05, 4.69) is 20.9 Å². The third kappa shape index (κ3) is 2.70. The summed E-state index contributed by atoms with van der Waals surface area (Å²) < 4.78 is 0.864. The van der Waals surface area contributed by atoms with Crippen molar-refractivity contribution in [2.45, 2.75) is 6.42 Å². The lowest BCUT2D eigenvalue weighted by atomic mass is 10.1. The van der Waals surface area contributed by atoms with Crippen LogP contribution in [0, 0.1) is 0 Å². The van der Waals surface area contributed by atoms with Crippen LogP contribution in [-0.2, 0) is 6.42 Å². The highest BCUT2D eigenvalue weighted by Crippen LogP contribution is 2.23. The standard InChI is InChI=1S/C11H7BrClNOS/c12-7-1-2-8(9(13)5-7)10(15)6-11-14-3-4-16-11/h1-5H,6H2. The minimum absolute atomic E-state index is 0.00699. The first-order valence-corrected chi connectivity index (χ1v) is 6.58. The van der Waals surface area contributed by atoms with Gasteiger partial charge in [-0.25, -0.2) is 4.98 Å². The van der Waals surface area contributed by atoms with Gasteiger partial charge in [0, 0.05) is 21.6 Å². The molecule has 0 saturated heterocycles. The summed E-state index contributed by atoms with van der Waals surface area (Å²) in [5, 5.41) is 3.13. The molecule has 82 valence electrons. The monoisotopic (exact) mass is 315 g/mol. The number of thiazole rings is 1. The average molecular weight is 317 g/mol. The van der Waals surface area contributed by atoms with Gasteiger partial charge in [0.25, 0.3) is 0 Å². The molecule has 1 heterocycles. The minimum Gasteiger partial charge on any atom is -0.294 e. The lowest BCUT2D eigenvalue weighted by molar-refractivity contribution is 0.0993. The minimum atomic E-state index is -0.00699. The summed E-state index contributed by atoms with van der Waals surface area (Å²) in [5.74, 6) is -0.00699. The van der Waals surface area contributed by atoms with Crippen LogP contribution in [0.5, 0.6) is 0 Å². The van der Waals surface area contributed by atoms with Gasteiger partial charge in [-0.05, 0) is 18.2 Å². The molecule has 16 heavy (non-hydrogen) atoms. The van der Waals surface area contributed by atoms with Crippen LogP contribution < -0.4 is 0 Å². The van der Waals surface area contributed by atoms with Gasteiger partial charge in [-0.3, -0.25) is 4.79 Å². The number of ketones is 1. The molecule has 0 N–H and O–H groups in total. The summed E-state index contributed by atoms with van der Waals surface area (Å²) in [6, 6.07) is 5.25. The molecule has 0 unspecified atom stereocenters. The number of carbonyl (C=O) groups excluding carboxylic acids is 1. The Morgan fingerprint density at radius 3 is 2.94 bits per heavy atom. The lowest BCUT2D eigenvalue weighted by Crippen LogP contribution is -2.03. The Balaban J connectivity index is 2.21. The highest BCUT2D eigenvalue weighted by molar-refractivity contribution is 9.10. The van der Waals surface area contributed by atoms with Gasteiger partial charge in [0.1, 0.15) is 5.01 Å². The Morgan fingerprint density at radius 2 is 2.31 bits per heavy atom. The summed E-state index contributed by atoms with van der Waals surface area (Å²) in [4.78, 5) is 16.0. The van der Waals surface area contributed by atoms with E-state index in [1.54, 1.807) is 24.4 Å². The molecule has 0 saturated carbocycles. The number of hydrogen-bond donors (Lipinski definition) is 0. The molecule has 2 rings (SSSR count). The lowest BCUT2D eigenvalue weighted by Gasteiger charge is -2.02. The number of halogens is 2. The zero-order valence-electron chi connectivity index (χ0n) is 8.11. The second kappa shape index (κ2) is 5.08. The third-order valence-corrected chi connectivity index (χ3v) is 3.61. The number of hydrogen-bond acceptors (Lipinski definition) is 3. The van der Waals surface area contributed by atoms with Gasteiger partial charge in [-0.1, -0.05) is 27.5 Å². The van der Waals surface area contributed by atoms with E-state index < -0.39 is 0 Å². The first-order chi connectivity index (χ1) is 7.66. The molecule has 0 spiro atoms. The molecule has 0 atom stereocenters. The number of aromatic nitrogens is 1. The van der Waals surface area contributed by atoms with Gasteiger partial charge in [-0.15, -0.1) is 11.3 Å². The molecule has 0 aliphatic heterocycles. The van der Waals surface area contributed by atoms with Crippen LogP contribution in [0.1, 0.15) is 15.4 Å². The van der Waals surface area contributed by atoms with Crippen LogP contribution in [0.15, 0.2) is 34.2 Å². The molecule has 1 aromatic carbocycles. The normalized spacial score (nSPS) is 10.4. The van der Waals surface area contributed by atoms with Gasteiger partial charge in [-0.2, -0.15) is 0 Å². The van der Waals surface area contributed by atoms with E-state index in [9.17, 15) is 4.79 Å². The fraction of sp³-hybridized carbons (Fsp3) is 0.0909. The van der Waals surface area contributed by atoms with Crippen molar-refractivity contribution in [3.63, 3.8) is 0 Å².